The van der Waals surface area contributed by atoms with Crippen LogP contribution in [0.3, 0.4) is 0 Å². The molecule has 0 aliphatic heterocycles. The Morgan fingerprint density at radius 2 is 2.06 bits per heavy atom. The number of aliphatic carboxylic acids is 1. The van der Waals surface area contributed by atoms with Crippen molar-refractivity contribution in [1.82, 2.24) is 10.3 Å². The topological polar surface area (TPSA) is 119 Å². The number of amides is 1. The zero-order valence-electron chi connectivity index (χ0n) is 18.4. The highest BCUT2D eigenvalue weighted by Crippen LogP contribution is 2.28. The van der Waals surface area contributed by atoms with Gasteiger partial charge in [0.15, 0.2) is 6.61 Å². The van der Waals surface area contributed by atoms with Gasteiger partial charge in [-0.15, -0.1) is 11.3 Å². The van der Waals surface area contributed by atoms with Gasteiger partial charge < -0.3 is 19.6 Å². The summed E-state index contributed by atoms with van der Waals surface area (Å²) in [5, 5.41) is 14.7. The SMILES string of the molecule is CCc1cc2c(=O)c(-c3nc(C)cs3)coc2cc1OCC(=O)N[C@@H](CC(C)C)C(=O)O. The van der Waals surface area contributed by atoms with Gasteiger partial charge in [0, 0.05) is 17.1 Å². The van der Waals surface area contributed by atoms with E-state index in [2.05, 4.69) is 10.3 Å². The molecule has 0 aliphatic carbocycles. The molecule has 0 fully saturated rings. The Morgan fingerprint density at radius 1 is 1.31 bits per heavy atom. The highest BCUT2D eigenvalue weighted by Gasteiger charge is 2.22. The zero-order valence-corrected chi connectivity index (χ0v) is 19.2. The average Bonchev–Trinajstić information content (AvgIpc) is 3.17. The maximum absolute atomic E-state index is 13.0. The number of hydrogen-bond donors (Lipinski definition) is 2. The number of ether oxygens (including phenoxy) is 1. The van der Waals surface area contributed by atoms with E-state index in [0.29, 0.717) is 40.1 Å². The van der Waals surface area contributed by atoms with E-state index in [4.69, 9.17) is 9.15 Å². The molecule has 0 radical (unpaired) electrons. The molecule has 9 heteroatoms. The van der Waals surface area contributed by atoms with E-state index >= 15 is 0 Å². The Bertz CT molecular complexity index is 1200. The molecule has 0 unspecified atom stereocenters. The molecule has 0 saturated heterocycles. The zero-order chi connectivity index (χ0) is 23.4. The molecule has 2 aromatic heterocycles. The van der Waals surface area contributed by atoms with E-state index in [9.17, 15) is 19.5 Å². The van der Waals surface area contributed by atoms with Crippen LogP contribution in [0, 0.1) is 12.8 Å². The summed E-state index contributed by atoms with van der Waals surface area (Å²) in [5.41, 5.74) is 2.12. The molecule has 1 aromatic carbocycles. The molecule has 2 N–H and O–H groups in total. The Morgan fingerprint density at radius 3 is 2.66 bits per heavy atom. The lowest BCUT2D eigenvalue weighted by molar-refractivity contribution is -0.142. The molecule has 3 rings (SSSR count). The molecule has 2 heterocycles. The molecule has 0 aliphatic rings. The van der Waals surface area contributed by atoms with Gasteiger partial charge in [0.2, 0.25) is 5.43 Å². The third-order valence-electron chi connectivity index (χ3n) is 4.89. The molecule has 0 bridgehead atoms. The van der Waals surface area contributed by atoms with Crippen molar-refractivity contribution in [3.8, 4) is 16.3 Å². The maximum Gasteiger partial charge on any atom is 0.326 e. The van der Waals surface area contributed by atoms with Crippen molar-refractivity contribution in [2.24, 2.45) is 5.92 Å². The first-order chi connectivity index (χ1) is 15.2. The number of hydrogen-bond acceptors (Lipinski definition) is 7. The van der Waals surface area contributed by atoms with Crippen molar-refractivity contribution in [2.75, 3.05) is 6.61 Å². The number of carbonyl (C=O) groups excluding carboxylic acids is 1. The van der Waals surface area contributed by atoms with Crippen LogP contribution >= 0.6 is 11.3 Å². The summed E-state index contributed by atoms with van der Waals surface area (Å²) in [7, 11) is 0. The third kappa shape index (κ3) is 5.34. The fourth-order valence-electron chi connectivity index (χ4n) is 3.31. The van der Waals surface area contributed by atoms with Crippen LogP contribution in [-0.4, -0.2) is 34.6 Å². The van der Waals surface area contributed by atoms with Crippen molar-refractivity contribution in [2.45, 2.75) is 46.6 Å². The van der Waals surface area contributed by atoms with Crippen LogP contribution in [0.15, 0.2) is 33.0 Å². The van der Waals surface area contributed by atoms with E-state index in [1.54, 1.807) is 12.1 Å². The quantitative estimate of drug-likeness (QED) is 0.501. The number of nitrogens with one attached hydrogen (secondary N) is 1. The summed E-state index contributed by atoms with van der Waals surface area (Å²) in [6.07, 6.45) is 2.27. The van der Waals surface area contributed by atoms with E-state index in [-0.39, 0.29) is 18.0 Å². The van der Waals surface area contributed by atoms with E-state index in [1.165, 1.54) is 17.6 Å². The second-order valence-electron chi connectivity index (χ2n) is 7.96. The normalized spacial score (nSPS) is 12.2. The lowest BCUT2D eigenvalue weighted by atomic mass is 10.0. The Hall–Kier alpha value is -3.20. The first kappa shape index (κ1) is 23.5. The van der Waals surface area contributed by atoms with Gasteiger partial charge in [-0.1, -0.05) is 20.8 Å². The van der Waals surface area contributed by atoms with Crippen LogP contribution in [0.2, 0.25) is 0 Å². The Labute approximate surface area is 189 Å². The first-order valence-corrected chi connectivity index (χ1v) is 11.2. The Balaban J connectivity index is 1.82. The van der Waals surface area contributed by atoms with E-state index < -0.39 is 17.9 Å². The minimum atomic E-state index is -1.08. The summed E-state index contributed by atoms with van der Waals surface area (Å²) in [6.45, 7) is 7.19. The predicted octanol–water partition coefficient (Wildman–Crippen LogP) is 3.78. The molecular weight excluding hydrogens is 432 g/mol. The van der Waals surface area contributed by atoms with Crippen LogP contribution in [-0.2, 0) is 16.0 Å². The largest absolute Gasteiger partial charge is 0.483 e. The average molecular weight is 459 g/mol. The lowest BCUT2D eigenvalue weighted by Gasteiger charge is -2.17. The number of thiazole rings is 1. The van der Waals surface area contributed by atoms with Gasteiger partial charge in [0.1, 0.15) is 28.6 Å². The summed E-state index contributed by atoms with van der Waals surface area (Å²) in [4.78, 5) is 41.0. The number of carboxylic acids is 1. The number of fused-ring (bicyclic) bond motifs is 1. The van der Waals surface area contributed by atoms with Crippen LogP contribution in [0.5, 0.6) is 5.75 Å². The third-order valence-corrected chi connectivity index (χ3v) is 5.88. The fraction of sp³-hybridized carbons (Fsp3) is 0.391. The second-order valence-corrected chi connectivity index (χ2v) is 8.82. The standard InChI is InChI=1S/C23H26N2O6S/c1-5-14-7-15-19(30-9-16(21(15)27)22-24-13(4)11-32-22)8-18(14)31-10-20(26)25-17(23(28)29)6-12(2)3/h7-9,11-12,17H,5-6,10H2,1-4H3,(H,25,26)(H,28,29)/t17-/m0/s1. The van der Waals surface area contributed by atoms with Crippen LogP contribution in [0.25, 0.3) is 21.5 Å². The number of nitrogens with zero attached hydrogens (tertiary/aromatic N) is 1. The summed E-state index contributed by atoms with van der Waals surface area (Å²) < 4.78 is 11.3. The first-order valence-electron chi connectivity index (χ1n) is 10.4. The maximum atomic E-state index is 13.0. The van der Waals surface area contributed by atoms with E-state index in [1.807, 2.05) is 33.1 Å². The number of carbonyl (C=O) groups is 2. The van der Waals surface area contributed by atoms with Crippen molar-refractivity contribution < 1.29 is 23.8 Å². The molecule has 3 aromatic rings. The number of benzene rings is 1. The number of rotatable bonds is 9. The minimum Gasteiger partial charge on any atom is -0.483 e. The van der Waals surface area contributed by atoms with Gasteiger partial charge in [-0.2, -0.15) is 0 Å². The molecule has 32 heavy (non-hydrogen) atoms. The number of aryl methyl sites for hydroxylation is 2. The molecule has 1 atom stereocenters. The summed E-state index contributed by atoms with van der Waals surface area (Å²) in [6, 6.07) is 2.32. The van der Waals surface area contributed by atoms with Crippen LogP contribution in [0.4, 0.5) is 0 Å². The highest BCUT2D eigenvalue weighted by molar-refractivity contribution is 7.13. The van der Waals surface area contributed by atoms with Gasteiger partial charge in [0.05, 0.1) is 10.9 Å². The monoisotopic (exact) mass is 458 g/mol. The van der Waals surface area contributed by atoms with Crippen molar-refractivity contribution in [1.29, 1.82) is 0 Å². The predicted molar refractivity (Wildman–Crippen MR) is 122 cm³/mol. The van der Waals surface area contributed by atoms with Gasteiger partial charge in [0.25, 0.3) is 5.91 Å². The summed E-state index contributed by atoms with van der Waals surface area (Å²) >= 11 is 1.38. The van der Waals surface area contributed by atoms with Crippen molar-refractivity contribution in [3.63, 3.8) is 0 Å². The van der Waals surface area contributed by atoms with Gasteiger partial charge in [-0.3, -0.25) is 9.59 Å². The molecule has 0 spiro atoms. The highest BCUT2D eigenvalue weighted by atomic mass is 32.1. The van der Waals surface area contributed by atoms with Gasteiger partial charge >= 0.3 is 5.97 Å². The van der Waals surface area contributed by atoms with Gasteiger partial charge in [-0.05, 0) is 37.3 Å². The Kier molecular flexibility index (Phi) is 7.29. The second kappa shape index (κ2) is 9.95. The molecule has 1 amide bonds. The lowest BCUT2D eigenvalue weighted by Crippen LogP contribution is -2.43. The minimum absolute atomic E-state index is 0.116. The van der Waals surface area contributed by atoms with Crippen LogP contribution < -0.4 is 15.5 Å². The molecule has 0 saturated carbocycles. The molecule has 170 valence electrons. The fourth-order valence-corrected chi connectivity index (χ4v) is 4.11. The summed E-state index contributed by atoms with van der Waals surface area (Å²) in [5.74, 6) is -1.09. The molecular formula is C23H26N2O6S. The van der Waals surface area contributed by atoms with Crippen molar-refractivity contribution in [3.05, 3.63) is 45.3 Å². The van der Waals surface area contributed by atoms with Crippen molar-refractivity contribution >= 4 is 34.2 Å². The number of carboxylic acid groups (broad SMARTS) is 1. The van der Waals surface area contributed by atoms with Gasteiger partial charge in [-0.25, -0.2) is 9.78 Å². The van der Waals surface area contributed by atoms with Crippen LogP contribution in [0.1, 0.15) is 38.4 Å². The van der Waals surface area contributed by atoms with E-state index in [0.717, 1.165) is 11.3 Å². The smallest absolute Gasteiger partial charge is 0.326 e. The number of aromatic nitrogens is 1. The molecule has 8 nitrogen and oxygen atoms in total.